The van der Waals surface area contributed by atoms with Crippen LogP contribution >= 0.6 is 21.6 Å². The minimum absolute atomic E-state index is 0.175. The van der Waals surface area contributed by atoms with Crippen molar-refractivity contribution in [3.05, 3.63) is 0 Å². The Labute approximate surface area is 247 Å². The fraction of sp³-hybridized carbons (Fsp3) is 0.846. The molecule has 0 heterocycles. The van der Waals surface area contributed by atoms with Crippen LogP contribution in [0.1, 0.15) is 83.1 Å². The topological polar surface area (TPSA) is 153 Å². The predicted octanol–water partition coefficient (Wildman–Crippen LogP) is 5.20. The maximum atomic E-state index is 12.2. The van der Waals surface area contributed by atoms with Crippen molar-refractivity contribution in [3.63, 3.8) is 0 Å². The Morgan fingerprint density at radius 2 is 0.625 bits per heavy atom. The molecule has 0 aromatic rings. The molecule has 0 unspecified atom stereocenters. The van der Waals surface area contributed by atoms with Gasteiger partial charge < -0.3 is 40.2 Å². The molecule has 0 aromatic carbocycles. The molecule has 0 fully saturated rings. The van der Waals surface area contributed by atoms with Gasteiger partial charge in [0.15, 0.2) is 0 Å². The van der Waals surface area contributed by atoms with E-state index in [0.29, 0.717) is 0 Å². The molecule has 12 nitrogen and oxygen atoms in total. The standard InChI is InChI=1S/C26H50N4O8S2/c1-23(2,3)35-19(31)27-13-17(14-28-20(32)36-24(4,5)6)39-40-18(15-29-21(33)37-25(7,8)9)16-30-22(34)38-26(10,11)12/h17-18H,13-16H2,1-12H3,(H,27,31)(H,28,32)(H,29,33)(H,30,34). The lowest BCUT2D eigenvalue weighted by atomic mass is 10.2. The van der Waals surface area contributed by atoms with E-state index in [1.807, 2.05) is 0 Å². The zero-order valence-electron chi connectivity index (χ0n) is 26.1. The Hall–Kier alpha value is -2.22. The average molecular weight is 611 g/mol. The molecule has 0 aromatic heterocycles. The van der Waals surface area contributed by atoms with E-state index in [1.54, 1.807) is 83.1 Å². The van der Waals surface area contributed by atoms with Crippen molar-refractivity contribution in [2.45, 2.75) is 116 Å². The van der Waals surface area contributed by atoms with Gasteiger partial charge in [-0.15, -0.1) is 0 Å². The second kappa shape index (κ2) is 16.3. The third-order valence-electron chi connectivity index (χ3n) is 3.82. The van der Waals surface area contributed by atoms with E-state index < -0.39 is 46.8 Å². The van der Waals surface area contributed by atoms with E-state index in [1.165, 1.54) is 21.6 Å². The van der Waals surface area contributed by atoms with Gasteiger partial charge in [-0.05, 0) is 83.1 Å². The molecule has 0 radical (unpaired) electrons. The van der Waals surface area contributed by atoms with E-state index in [9.17, 15) is 19.2 Å². The fourth-order valence-corrected chi connectivity index (χ4v) is 5.16. The van der Waals surface area contributed by atoms with Gasteiger partial charge in [0.05, 0.1) is 10.5 Å². The zero-order chi connectivity index (χ0) is 31.4. The third kappa shape index (κ3) is 23.6. The summed E-state index contributed by atoms with van der Waals surface area (Å²) in [7, 11) is 2.74. The Morgan fingerprint density at radius 1 is 0.450 bits per heavy atom. The summed E-state index contributed by atoms with van der Waals surface area (Å²) in [5, 5.41) is 10.3. The van der Waals surface area contributed by atoms with Gasteiger partial charge in [0.25, 0.3) is 0 Å². The summed E-state index contributed by atoms with van der Waals surface area (Å²) in [6.07, 6.45) is -2.35. The highest BCUT2D eigenvalue weighted by molar-refractivity contribution is 8.77. The van der Waals surface area contributed by atoms with Crippen molar-refractivity contribution in [2.24, 2.45) is 0 Å². The number of carbonyl (C=O) groups is 4. The lowest BCUT2D eigenvalue weighted by Gasteiger charge is -2.25. The minimum atomic E-state index is -0.665. The van der Waals surface area contributed by atoms with Crippen molar-refractivity contribution in [3.8, 4) is 0 Å². The molecule has 0 saturated heterocycles. The first-order chi connectivity index (χ1) is 17.9. The summed E-state index contributed by atoms with van der Waals surface area (Å²) in [5.41, 5.74) is -2.66. The van der Waals surface area contributed by atoms with Crippen LogP contribution in [0.4, 0.5) is 19.2 Å². The Balaban J connectivity index is 5.40. The van der Waals surface area contributed by atoms with Crippen LogP contribution in [-0.4, -0.2) is 83.5 Å². The highest BCUT2D eigenvalue weighted by atomic mass is 33.1. The minimum Gasteiger partial charge on any atom is -0.444 e. The van der Waals surface area contributed by atoms with Crippen LogP contribution in [0.15, 0.2) is 0 Å². The molecular formula is C26H50N4O8S2. The summed E-state index contributed by atoms with van der Waals surface area (Å²) in [6.45, 7) is 21.8. The maximum Gasteiger partial charge on any atom is 0.407 e. The number of rotatable bonds is 11. The lowest BCUT2D eigenvalue weighted by Crippen LogP contribution is -2.43. The van der Waals surface area contributed by atoms with Gasteiger partial charge in [0.2, 0.25) is 0 Å². The molecule has 0 aliphatic carbocycles. The summed E-state index contributed by atoms with van der Waals surface area (Å²) < 4.78 is 21.3. The zero-order valence-corrected chi connectivity index (χ0v) is 27.7. The first-order valence-corrected chi connectivity index (χ1v) is 15.4. The molecule has 0 bridgehead atoms. The van der Waals surface area contributed by atoms with E-state index in [2.05, 4.69) is 21.3 Å². The average Bonchev–Trinajstić information content (AvgIpc) is 2.69. The maximum absolute atomic E-state index is 12.2. The molecular weight excluding hydrogens is 560 g/mol. The van der Waals surface area contributed by atoms with Gasteiger partial charge in [0.1, 0.15) is 22.4 Å². The second-order valence-corrected chi connectivity index (χ2v) is 15.8. The van der Waals surface area contributed by atoms with Crippen LogP contribution in [-0.2, 0) is 18.9 Å². The molecule has 40 heavy (non-hydrogen) atoms. The van der Waals surface area contributed by atoms with Gasteiger partial charge in [-0.1, -0.05) is 21.6 Å². The van der Waals surface area contributed by atoms with E-state index in [0.717, 1.165) is 0 Å². The molecule has 0 atom stereocenters. The molecule has 0 saturated carbocycles. The number of hydrogen-bond donors (Lipinski definition) is 4. The number of alkyl carbamates (subject to hydrolysis) is 4. The van der Waals surface area contributed by atoms with Crippen LogP contribution in [0.3, 0.4) is 0 Å². The van der Waals surface area contributed by atoms with Crippen LogP contribution in [0.5, 0.6) is 0 Å². The molecule has 0 spiro atoms. The van der Waals surface area contributed by atoms with Gasteiger partial charge in [-0.2, -0.15) is 0 Å². The Kier molecular flexibility index (Phi) is 15.4. The highest BCUT2D eigenvalue weighted by Gasteiger charge is 2.24. The predicted molar refractivity (Wildman–Crippen MR) is 160 cm³/mol. The summed E-state index contributed by atoms with van der Waals surface area (Å²) >= 11 is 0. The fourth-order valence-electron chi connectivity index (χ4n) is 2.48. The number of hydrogen-bond acceptors (Lipinski definition) is 10. The number of carbonyl (C=O) groups excluding carboxylic acids is 4. The molecule has 234 valence electrons. The van der Waals surface area contributed by atoms with Crippen molar-refractivity contribution in [1.82, 2.24) is 21.3 Å². The van der Waals surface area contributed by atoms with Crippen molar-refractivity contribution >= 4 is 46.0 Å². The van der Waals surface area contributed by atoms with Crippen LogP contribution in [0.25, 0.3) is 0 Å². The second-order valence-electron chi connectivity index (χ2n) is 13.0. The van der Waals surface area contributed by atoms with E-state index >= 15 is 0 Å². The van der Waals surface area contributed by atoms with Gasteiger partial charge in [-0.25, -0.2) is 19.2 Å². The molecule has 4 N–H and O–H groups in total. The number of nitrogens with one attached hydrogen (secondary N) is 4. The van der Waals surface area contributed by atoms with E-state index in [4.69, 9.17) is 18.9 Å². The number of ether oxygens (including phenoxy) is 4. The molecule has 0 aliphatic rings. The monoisotopic (exact) mass is 610 g/mol. The molecule has 0 rings (SSSR count). The smallest absolute Gasteiger partial charge is 0.407 e. The quantitative estimate of drug-likeness (QED) is 0.181. The SMILES string of the molecule is CC(C)(C)OC(=O)NCC(CNC(=O)OC(C)(C)C)SSC(CNC(=O)OC(C)(C)C)CNC(=O)OC(C)(C)C. The third-order valence-corrected chi connectivity index (χ3v) is 7.11. The van der Waals surface area contributed by atoms with Crippen LogP contribution in [0, 0.1) is 0 Å². The first-order valence-electron chi connectivity index (χ1n) is 13.1. The summed E-state index contributed by atoms with van der Waals surface area (Å²) in [4.78, 5) is 48.9. The normalized spacial score (nSPS) is 12.4. The first kappa shape index (κ1) is 37.8. The van der Waals surface area contributed by atoms with Gasteiger partial charge in [-0.3, -0.25) is 0 Å². The lowest BCUT2D eigenvalue weighted by molar-refractivity contribution is 0.0503. The molecule has 4 amide bonds. The van der Waals surface area contributed by atoms with Crippen LogP contribution < -0.4 is 21.3 Å². The highest BCUT2D eigenvalue weighted by Crippen LogP contribution is 2.31. The molecule has 0 aliphatic heterocycles. The largest absolute Gasteiger partial charge is 0.444 e. The summed E-state index contributed by atoms with van der Waals surface area (Å²) in [6, 6.07) is 0. The Bertz CT molecular complexity index is 699. The van der Waals surface area contributed by atoms with Crippen LogP contribution in [0.2, 0.25) is 0 Å². The van der Waals surface area contributed by atoms with E-state index in [-0.39, 0.29) is 36.7 Å². The van der Waals surface area contributed by atoms with Crippen molar-refractivity contribution in [1.29, 1.82) is 0 Å². The van der Waals surface area contributed by atoms with Crippen molar-refractivity contribution < 1.29 is 38.1 Å². The van der Waals surface area contributed by atoms with Gasteiger partial charge in [0, 0.05) is 26.2 Å². The van der Waals surface area contributed by atoms with Crippen molar-refractivity contribution in [2.75, 3.05) is 26.2 Å². The Morgan fingerprint density at radius 3 is 0.775 bits per heavy atom. The number of amides is 4. The summed E-state index contributed by atoms with van der Waals surface area (Å²) in [5.74, 6) is 0. The molecule has 14 heteroatoms. The van der Waals surface area contributed by atoms with Gasteiger partial charge >= 0.3 is 24.4 Å².